The molecular formula is C19H16ClN3O. The van der Waals surface area contributed by atoms with Crippen LogP contribution in [0.3, 0.4) is 0 Å². The molecule has 0 fully saturated rings. The van der Waals surface area contributed by atoms with E-state index >= 15 is 0 Å². The summed E-state index contributed by atoms with van der Waals surface area (Å²) in [7, 11) is 0. The van der Waals surface area contributed by atoms with Crippen LogP contribution in [-0.4, -0.2) is 20.1 Å². The molecule has 0 saturated heterocycles. The van der Waals surface area contributed by atoms with Gasteiger partial charge in [0.15, 0.2) is 0 Å². The van der Waals surface area contributed by atoms with Gasteiger partial charge in [-0.05, 0) is 53.5 Å². The van der Waals surface area contributed by atoms with Gasteiger partial charge in [0.25, 0.3) is 0 Å². The van der Waals surface area contributed by atoms with Crippen molar-refractivity contribution in [1.29, 1.82) is 0 Å². The summed E-state index contributed by atoms with van der Waals surface area (Å²) in [5, 5.41) is 11.9. The van der Waals surface area contributed by atoms with Gasteiger partial charge in [-0.2, -0.15) is 0 Å². The lowest BCUT2D eigenvalue weighted by Gasteiger charge is -2.27. The van der Waals surface area contributed by atoms with Crippen LogP contribution < -0.4 is 0 Å². The number of halogens is 1. The highest BCUT2D eigenvalue weighted by Gasteiger charge is 2.33. The van der Waals surface area contributed by atoms with Crippen LogP contribution in [0.5, 0.6) is 0 Å². The minimum absolute atomic E-state index is 0.631. The highest BCUT2D eigenvalue weighted by atomic mass is 35.5. The monoisotopic (exact) mass is 337 g/mol. The number of nitrogens with zero attached hydrogens (tertiary/aromatic N) is 2. The topological polar surface area (TPSA) is 61.8 Å². The SMILES string of the molecule is CC(O)(C1=Cc2cccnc2Cc2ccc(Cl)cc21)c1cnc[nH]1. The fourth-order valence-electron chi connectivity index (χ4n) is 3.17. The van der Waals surface area contributed by atoms with Crippen molar-refractivity contribution in [2.24, 2.45) is 0 Å². The van der Waals surface area contributed by atoms with Gasteiger partial charge in [-0.25, -0.2) is 4.98 Å². The molecule has 3 aromatic rings. The number of benzene rings is 1. The summed E-state index contributed by atoms with van der Waals surface area (Å²) in [5.74, 6) is 0. The van der Waals surface area contributed by atoms with Crippen molar-refractivity contribution in [2.75, 3.05) is 0 Å². The maximum Gasteiger partial charge on any atom is 0.129 e. The molecule has 1 atom stereocenters. The van der Waals surface area contributed by atoms with Crippen LogP contribution in [0.15, 0.2) is 49.1 Å². The van der Waals surface area contributed by atoms with Gasteiger partial charge < -0.3 is 10.1 Å². The van der Waals surface area contributed by atoms with Crippen molar-refractivity contribution < 1.29 is 5.11 Å². The van der Waals surface area contributed by atoms with Crippen molar-refractivity contribution >= 4 is 23.3 Å². The van der Waals surface area contributed by atoms with Crippen molar-refractivity contribution in [3.05, 3.63) is 82.2 Å². The van der Waals surface area contributed by atoms with Crippen LogP contribution in [0.1, 0.15) is 35.0 Å². The van der Waals surface area contributed by atoms with Crippen LogP contribution >= 0.6 is 11.6 Å². The van der Waals surface area contributed by atoms with Gasteiger partial charge in [0, 0.05) is 17.6 Å². The molecule has 4 rings (SSSR count). The molecule has 0 radical (unpaired) electrons. The Bertz CT molecular complexity index is 930. The Hall–Kier alpha value is -2.43. The van der Waals surface area contributed by atoms with Crippen LogP contribution in [0, 0.1) is 0 Å². The molecule has 2 aromatic heterocycles. The lowest BCUT2D eigenvalue weighted by molar-refractivity contribution is 0.118. The van der Waals surface area contributed by atoms with E-state index in [1.165, 1.54) is 0 Å². The minimum atomic E-state index is -1.23. The van der Waals surface area contributed by atoms with Crippen molar-refractivity contribution in [3.63, 3.8) is 0 Å². The first-order chi connectivity index (χ1) is 11.6. The molecular weight excluding hydrogens is 322 g/mol. The Kier molecular flexibility index (Phi) is 3.52. The van der Waals surface area contributed by atoms with Gasteiger partial charge in [0.1, 0.15) is 5.60 Å². The average molecular weight is 338 g/mol. The number of imidazole rings is 1. The van der Waals surface area contributed by atoms with Gasteiger partial charge in [-0.3, -0.25) is 4.98 Å². The number of hydrogen-bond acceptors (Lipinski definition) is 3. The maximum absolute atomic E-state index is 11.3. The minimum Gasteiger partial charge on any atom is -0.379 e. The molecule has 1 aliphatic rings. The van der Waals surface area contributed by atoms with E-state index in [1.807, 2.05) is 36.4 Å². The fraction of sp³-hybridized carbons (Fsp3) is 0.158. The molecule has 1 aromatic carbocycles. The predicted octanol–water partition coefficient (Wildman–Crippen LogP) is 3.81. The number of pyridine rings is 1. The summed E-state index contributed by atoms with van der Waals surface area (Å²) in [6.07, 6.45) is 7.68. The number of fused-ring (bicyclic) bond motifs is 2. The number of hydrogen-bond donors (Lipinski definition) is 2. The number of aliphatic hydroxyl groups is 1. The average Bonchev–Trinajstić information content (AvgIpc) is 3.05. The van der Waals surface area contributed by atoms with Crippen LogP contribution in [0.25, 0.3) is 11.6 Å². The van der Waals surface area contributed by atoms with E-state index in [0.717, 1.165) is 28.0 Å². The molecule has 120 valence electrons. The zero-order valence-electron chi connectivity index (χ0n) is 13.1. The van der Waals surface area contributed by atoms with E-state index in [4.69, 9.17) is 11.6 Å². The number of rotatable bonds is 2. The molecule has 1 aliphatic carbocycles. The summed E-state index contributed by atoms with van der Waals surface area (Å²) in [4.78, 5) is 11.6. The quantitative estimate of drug-likeness (QED) is 0.747. The normalized spacial score (nSPS) is 15.7. The highest BCUT2D eigenvalue weighted by molar-refractivity contribution is 6.30. The van der Waals surface area contributed by atoms with Crippen LogP contribution in [-0.2, 0) is 12.0 Å². The summed E-state index contributed by atoms with van der Waals surface area (Å²) < 4.78 is 0. The van der Waals surface area contributed by atoms with E-state index in [2.05, 4.69) is 15.0 Å². The first kappa shape index (κ1) is 15.1. The van der Waals surface area contributed by atoms with E-state index in [-0.39, 0.29) is 0 Å². The lowest BCUT2D eigenvalue weighted by atomic mass is 9.85. The zero-order valence-corrected chi connectivity index (χ0v) is 13.9. The predicted molar refractivity (Wildman–Crippen MR) is 94.5 cm³/mol. The van der Waals surface area contributed by atoms with E-state index in [9.17, 15) is 5.11 Å². The highest BCUT2D eigenvalue weighted by Crippen LogP contribution is 2.41. The Morgan fingerprint density at radius 3 is 2.96 bits per heavy atom. The fourth-order valence-corrected chi connectivity index (χ4v) is 3.34. The van der Waals surface area contributed by atoms with Crippen LogP contribution in [0.2, 0.25) is 5.02 Å². The third kappa shape index (κ3) is 2.44. The summed E-state index contributed by atoms with van der Waals surface area (Å²) in [6.45, 7) is 1.76. The van der Waals surface area contributed by atoms with E-state index in [0.29, 0.717) is 17.1 Å². The Balaban J connectivity index is 2.00. The second-order valence-corrected chi connectivity index (χ2v) is 6.55. The molecule has 0 spiro atoms. The molecule has 0 saturated carbocycles. The molecule has 2 N–H and O–H groups in total. The van der Waals surface area contributed by atoms with Crippen molar-refractivity contribution in [3.8, 4) is 0 Å². The molecule has 5 heteroatoms. The number of aromatic amines is 1. The standard InChI is InChI=1S/C19H16ClN3O/c1-19(24,18-10-21-11-23-18)16-7-13-3-2-6-22-17(13)8-12-4-5-14(20)9-15(12)16/h2-7,9-11,24H,8H2,1H3,(H,21,23). The number of aromatic nitrogens is 3. The summed E-state index contributed by atoms with van der Waals surface area (Å²) in [5.41, 5.74) is 4.18. The molecule has 2 heterocycles. The van der Waals surface area contributed by atoms with Gasteiger partial charge in [-0.1, -0.05) is 23.7 Å². The van der Waals surface area contributed by atoms with Gasteiger partial charge in [0.05, 0.1) is 23.9 Å². The Labute approximate surface area is 144 Å². The summed E-state index contributed by atoms with van der Waals surface area (Å²) >= 11 is 6.24. The third-order valence-electron chi connectivity index (χ3n) is 4.49. The van der Waals surface area contributed by atoms with E-state index in [1.54, 1.807) is 25.6 Å². The molecule has 4 nitrogen and oxygen atoms in total. The Morgan fingerprint density at radius 2 is 2.17 bits per heavy atom. The second-order valence-electron chi connectivity index (χ2n) is 6.11. The maximum atomic E-state index is 11.3. The first-order valence-corrected chi connectivity index (χ1v) is 8.09. The number of H-pyrrole nitrogens is 1. The van der Waals surface area contributed by atoms with Gasteiger partial charge >= 0.3 is 0 Å². The first-order valence-electron chi connectivity index (χ1n) is 7.72. The third-order valence-corrected chi connectivity index (χ3v) is 4.73. The number of nitrogens with one attached hydrogen (secondary N) is 1. The van der Waals surface area contributed by atoms with Gasteiger partial charge in [-0.15, -0.1) is 0 Å². The summed E-state index contributed by atoms with van der Waals surface area (Å²) in [6, 6.07) is 9.69. The molecule has 0 amide bonds. The smallest absolute Gasteiger partial charge is 0.129 e. The van der Waals surface area contributed by atoms with Crippen molar-refractivity contribution in [1.82, 2.24) is 15.0 Å². The largest absolute Gasteiger partial charge is 0.379 e. The molecule has 24 heavy (non-hydrogen) atoms. The van der Waals surface area contributed by atoms with Gasteiger partial charge in [0.2, 0.25) is 0 Å². The molecule has 0 bridgehead atoms. The van der Waals surface area contributed by atoms with Crippen molar-refractivity contribution in [2.45, 2.75) is 18.9 Å². The zero-order chi connectivity index (χ0) is 16.7. The van der Waals surface area contributed by atoms with Crippen LogP contribution in [0.4, 0.5) is 0 Å². The van der Waals surface area contributed by atoms with E-state index < -0.39 is 5.60 Å². The second kappa shape index (κ2) is 5.58. The molecule has 0 aliphatic heterocycles. The molecule has 1 unspecified atom stereocenters. The lowest BCUT2D eigenvalue weighted by Crippen LogP contribution is -2.24. The Morgan fingerprint density at radius 1 is 1.29 bits per heavy atom.